The van der Waals surface area contributed by atoms with Crippen molar-refractivity contribution in [2.24, 2.45) is 13.0 Å². The molecule has 3 aliphatic heterocycles. The third-order valence-electron chi connectivity index (χ3n) is 7.95. The molecule has 1 fully saturated rings. The van der Waals surface area contributed by atoms with Gasteiger partial charge < -0.3 is 14.5 Å². The van der Waals surface area contributed by atoms with Crippen molar-refractivity contribution in [3.8, 4) is 11.1 Å². The van der Waals surface area contributed by atoms with E-state index in [2.05, 4.69) is 46.0 Å². The van der Waals surface area contributed by atoms with Gasteiger partial charge in [-0.15, -0.1) is 0 Å². The topological polar surface area (TPSA) is 68.4 Å². The molecular formula is C27H34N6O2. The number of anilines is 2. The van der Waals surface area contributed by atoms with Crippen molar-refractivity contribution in [3.63, 3.8) is 0 Å². The second-order valence-electron chi connectivity index (χ2n) is 10.2. The highest BCUT2D eigenvalue weighted by Crippen LogP contribution is 2.42. The molecule has 6 rings (SSSR count). The van der Waals surface area contributed by atoms with E-state index < -0.39 is 0 Å². The van der Waals surface area contributed by atoms with Gasteiger partial charge in [-0.25, -0.2) is 0 Å². The number of ether oxygens (including phenoxy) is 1. The summed E-state index contributed by atoms with van der Waals surface area (Å²) in [6, 6.07) is 7.06. The summed E-state index contributed by atoms with van der Waals surface area (Å²) in [6.07, 6.45) is 8.01. The van der Waals surface area contributed by atoms with Crippen molar-refractivity contribution >= 4 is 17.4 Å². The zero-order valence-corrected chi connectivity index (χ0v) is 20.9. The third-order valence-corrected chi connectivity index (χ3v) is 7.95. The van der Waals surface area contributed by atoms with E-state index in [1.54, 1.807) is 6.92 Å². The number of carbonyl (C=O) groups excluding carboxylic acids is 1. The Balaban J connectivity index is 1.45. The first-order chi connectivity index (χ1) is 17.0. The van der Waals surface area contributed by atoms with Gasteiger partial charge in [0.1, 0.15) is 0 Å². The molecule has 0 spiro atoms. The van der Waals surface area contributed by atoms with Crippen molar-refractivity contribution in [2.75, 3.05) is 31.2 Å². The summed E-state index contributed by atoms with van der Waals surface area (Å²) in [5, 5.41) is 9.61. The second-order valence-corrected chi connectivity index (χ2v) is 10.2. The van der Waals surface area contributed by atoms with Gasteiger partial charge in [0.25, 0.3) is 0 Å². The van der Waals surface area contributed by atoms with E-state index in [0.717, 1.165) is 56.8 Å². The first-order valence-electron chi connectivity index (χ1n) is 12.8. The van der Waals surface area contributed by atoms with Gasteiger partial charge >= 0.3 is 0 Å². The Morgan fingerprint density at radius 1 is 1.26 bits per heavy atom. The van der Waals surface area contributed by atoms with Crippen LogP contribution in [0, 0.1) is 5.92 Å². The third kappa shape index (κ3) is 3.93. The molecule has 3 aromatic rings. The van der Waals surface area contributed by atoms with Gasteiger partial charge in [0.05, 0.1) is 25.4 Å². The van der Waals surface area contributed by atoms with Crippen LogP contribution < -0.4 is 4.90 Å². The van der Waals surface area contributed by atoms with Gasteiger partial charge in [-0.1, -0.05) is 19.4 Å². The van der Waals surface area contributed by atoms with Crippen LogP contribution >= 0.6 is 0 Å². The lowest BCUT2D eigenvalue weighted by molar-refractivity contribution is -0.129. The Bertz CT molecular complexity index is 1250. The number of hydrogen-bond donors (Lipinski definition) is 0. The molecule has 2 atom stereocenters. The van der Waals surface area contributed by atoms with Gasteiger partial charge in [-0.3, -0.25) is 14.2 Å². The van der Waals surface area contributed by atoms with Crippen LogP contribution in [0.15, 0.2) is 30.6 Å². The number of amides is 1. The van der Waals surface area contributed by atoms with Crippen LogP contribution in [0.2, 0.25) is 0 Å². The average Bonchev–Trinajstić information content (AvgIpc) is 3.62. The van der Waals surface area contributed by atoms with E-state index in [1.807, 2.05) is 22.8 Å². The lowest BCUT2D eigenvalue weighted by Gasteiger charge is -2.36. The molecule has 1 saturated heterocycles. The van der Waals surface area contributed by atoms with E-state index >= 15 is 0 Å². The first-order valence-corrected chi connectivity index (χ1v) is 12.8. The predicted molar refractivity (Wildman–Crippen MR) is 135 cm³/mol. The summed E-state index contributed by atoms with van der Waals surface area (Å²) in [7, 11) is 1.95. The summed E-state index contributed by atoms with van der Waals surface area (Å²) in [5.74, 6) is 1.70. The maximum atomic E-state index is 12.3. The number of rotatable bonds is 4. The van der Waals surface area contributed by atoms with Gasteiger partial charge in [-0.2, -0.15) is 10.2 Å². The Labute approximate surface area is 206 Å². The number of fused-ring (bicyclic) bond motifs is 2. The molecule has 184 valence electrons. The molecule has 0 N–H and O–H groups in total. The molecule has 2 aromatic heterocycles. The van der Waals surface area contributed by atoms with Gasteiger partial charge in [0.2, 0.25) is 5.91 Å². The van der Waals surface area contributed by atoms with E-state index in [-0.39, 0.29) is 11.9 Å². The fourth-order valence-corrected chi connectivity index (χ4v) is 5.90. The van der Waals surface area contributed by atoms with Crippen molar-refractivity contribution < 1.29 is 9.53 Å². The van der Waals surface area contributed by atoms with Crippen LogP contribution in [0.4, 0.5) is 11.5 Å². The number of hydrogen-bond acceptors (Lipinski definition) is 5. The van der Waals surface area contributed by atoms with E-state index in [1.165, 1.54) is 28.1 Å². The number of nitrogens with zero attached hydrogens (tertiary/aromatic N) is 6. The van der Waals surface area contributed by atoms with Crippen LogP contribution in [0.25, 0.3) is 11.1 Å². The molecule has 35 heavy (non-hydrogen) atoms. The van der Waals surface area contributed by atoms with Crippen LogP contribution in [-0.4, -0.2) is 56.7 Å². The highest BCUT2D eigenvalue weighted by atomic mass is 16.5. The smallest absolute Gasteiger partial charge is 0.219 e. The van der Waals surface area contributed by atoms with Crippen molar-refractivity contribution in [3.05, 3.63) is 47.4 Å². The Morgan fingerprint density at radius 3 is 2.86 bits per heavy atom. The summed E-state index contributed by atoms with van der Waals surface area (Å²) in [5.41, 5.74) is 7.42. The van der Waals surface area contributed by atoms with Crippen LogP contribution in [0.3, 0.4) is 0 Å². The lowest BCUT2D eigenvalue weighted by atomic mass is 9.88. The van der Waals surface area contributed by atoms with Crippen molar-refractivity contribution in [1.29, 1.82) is 0 Å². The molecule has 1 aromatic carbocycles. The predicted octanol–water partition coefficient (Wildman–Crippen LogP) is 3.87. The minimum absolute atomic E-state index is 0.130. The molecule has 0 saturated carbocycles. The van der Waals surface area contributed by atoms with Gasteiger partial charge in [0.15, 0.2) is 5.82 Å². The number of aryl methyl sites for hydroxylation is 1. The van der Waals surface area contributed by atoms with E-state index in [0.29, 0.717) is 19.1 Å². The fraction of sp³-hybridized carbons (Fsp3) is 0.519. The summed E-state index contributed by atoms with van der Waals surface area (Å²) < 4.78 is 9.80. The monoisotopic (exact) mass is 474 g/mol. The van der Waals surface area contributed by atoms with Gasteiger partial charge in [-0.05, 0) is 42.0 Å². The van der Waals surface area contributed by atoms with Crippen LogP contribution in [0.1, 0.15) is 49.6 Å². The molecule has 1 amide bonds. The SMILES string of the molecule is CCC1Cc2cc(-c3cnn(C)c3)ccc2N(c2nn([C@H]3CCOC3)c3c2CN(C(C)=O)CC3)C1. The van der Waals surface area contributed by atoms with E-state index in [9.17, 15) is 4.79 Å². The molecule has 8 nitrogen and oxygen atoms in total. The zero-order valence-electron chi connectivity index (χ0n) is 20.9. The Hall–Kier alpha value is -3.13. The summed E-state index contributed by atoms with van der Waals surface area (Å²) in [6.45, 7) is 7.78. The highest BCUT2D eigenvalue weighted by Gasteiger charge is 2.35. The summed E-state index contributed by atoms with van der Waals surface area (Å²) in [4.78, 5) is 16.7. The number of carbonyl (C=O) groups is 1. The number of benzene rings is 1. The molecule has 8 heteroatoms. The Morgan fingerprint density at radius 2 is 2.14 bits per heavy atom. The standard InChI is InChI=1S/C27H34N6O2/c1-4-19-11-21-12-20(22-13-28-30(3)15-22)5-6-25(21)32(14-19)27-24-16-31(18(2)34)9-7-26(24)33(29-27)23-8-10-35-17-23/h5-6,12-13,15,19,23H,4,7-11,14,16-17H2,1-3H3/t19?,23-/m0/s1. The fourth-order valence-electron chi connectivity index (χ4n) is 5.90. The maximum absolute atomic E-state index is 12.3. The first kappa shape index (κ1) is 22.3. The van der Waals surface area contributed by atoms with Crippen LogP contribution in [-0.2, 0) is 36.0 Å². The normalized spacial score (nSPS) is 21.8. The minimum Gasteiger partial charge on any atom is -0.379 e. The average molecular weight is 475 g/mol. The maximum Gasteiger partial charge on any atom is 0.219 e. The zero-order chi connectivity index (χ0) is 24.1. The molecule has 0 radical (unpaired) electrons. The summed E-state index contributed by atoms with van der Waals surface area (Å²) >= 11 is 0. The lowest BCUT2D eigenvalue weighted by Crippen LogP contribution is -2.36. The van der Waals surface area contributed by atoms with Gasteiger partial charge in [0, 0.05) is 68.8 Å². The minimum atomic E-state index is 0.130. The molecule has 0 aliphatic carbocycles. The second kappa shape index (κ2) is 8.82. The molecule has 1 unspecified atom stereocenters. The highest BCUT2D eigenvalue weighted by molar-refractivity contribution is 5.76. The van der Waals surface area contributed by atoms with Crippen LogP contribution in [0.5, 0.6) is 0 Å². The molecule has 0 bridgehead atoms. The van der Waals surface area contributed by atoms with Crippen molar-refractivity contribution in [1.82, 2.24) is 24.5 Å². The largest absolute Gasteiger partial charge is 0.379 e. The quantitative estimate of drug-likeness (QED) is 0.574. The molecule has 3 aliphatic rings. The Kier molecular flexibility index (Phi) is 5.63. The number of aromatic nitrogens is 4. The van der Waals surface area contributed by atoms with E-state index in [4.69, 9.17) is 9.84 Å². The molecule has 5 heterocycles. The molecular weight excluding hydrogens is 440 g/mol. The van der Waals surface area contributed by atoms with Crippen molar-refractivity contribution in [2.45, 2.75) is 52.1 Å².